The van der Waals surface area contributed by atoms with Gasteiger partial charge in [0.25, 0.3) is 5.91 Å². The molecule has 1 heterocycles. The number of ether oxygens (including phenoxy) is 1. The number of hydrogen-bond donors (Lipinski definition) is 2. The molecule has 1 aliphatic heterocycles. The number of aryl methyl sites for hydroxylation is 1. The fourth-order valence-electron chi connectivity index (χ4n) is 5.20. The summed E-state index contributed by atoms with van der Waals surface area (Å²) in [5.41, 5.74) is 0.140. The van der Waals surface area contributed by atoms with Crippen molar-refractivity contribution in [2.45, 2.75) is 71.4 Å². The molecular formula is C24H34N2O5. The van der Waals surface area contributed by atoms with Gasteiger partial charge in [-0.15, -0.1) is 0 Å². The molecule has 2 aliphatic rings. The van der Waals surface area contributed by atoms with Gasteiger partial charge in [0.15, 0.2) is 0 Å². The zero-order chi connectivity index (χ0) is 22.8. The molecule has 1 aliphatic carbocycles. The summed E-state index contributed by atoms with van der Waals surface area (Å²) in [6.07, 6.45) is 2.44. The normalized spacial score (nSPS) is 26.1. The molecule has 3 amide bonds. The fraction of sp³-hybridized carbons (Fsp3) is 0.625. The van der Waals surface area contributed by atoms with Gasteiger partial charge in [0, 0.05) is 6.42 Å². The number of Topliss-reactive ketones (excluding diaryl/α,β-unsaturated/α-hetero) is 1. The Morgan fingerprint density at radius 3 is 2.55 bits per heavy atom. The highest BCUT2D eigenvalue weighted by atomic mass is 16.5. The topological polar surface area (TPSA) is 95.9 Å². The van der Waals surface area contributed by atoms with Crippen molar-refractivity contribution in [3.63, 3.8) is 0 Å². The average Bonchev–Trinajstić information content (AvgIpc) is 2.87. The fourth-order valence-corrected chi connectivity index (χ4v) is 5.20. The Balaban J connectivity index is 1.54. The zero-order valence-electron chi connectivity index (χ0n) is 18.9. The molecule has 3 atom stereocenters. The van der Waals surface area contributed by atoms with E-state index >= 15 is 0 Å². The summed E-state index contributed by atoms with van der Waals surface area (Å²) in [7, 11) is 0. The number of hydrogen-bond acceptors (Lipinski definition) is 5. The number of urea groups is 1. The second-order valence-electron chi connectivity index (χ2n) is 10.1. The molecule has 1 saturated heterocycles. The Bertz CT molecular complexity index is 835. The highest BCUT2D eigenvalue weighted by molar-refractivity contribution is 6.07. The maximum atomic E-state index is 13.1. The van der Waals surface area contributed by atoms with E-state index in [1.54, 1.807) is 19.1 Å². The Labute approximate surface area is 184 Å². The van der Waals surface area contributed by atoms with E-state index in [-0.39, 0.29) is 30.3 Å². The van der Waals surface area contributed by atoms with Gasteiger partial charge in [-0.25, -0.2) is 4.79 Å². The van der Waals surface area contributed by atoms with E-state index in [1.807, 2.05) is 12.1 Å². The number of carbonyl (C=O) groups excluding carboxylic acids is 3. The van der Waals surface area contributed by atoms with Crippen molar-refractivity contribution >= 4 is 17.7 Å². The maximum absolute atomic E-state index is 13.1. The van der Waals surface area contributed by atoms with Crippen LogP contribution in [0.1, 0.15) is 58.9 Å². The van der Waals surface area contributed by atoms with Crippen molar-refractivity contribution in [2.75, 3.05) is 13.2 Å². The molecule has 2 fully saturated rings. The minimum atomic E-state index is -0.990. The van der Waals surface area contributed by atoms with E-state index in [0.717, 1.165) is 16.9 Å². The van der Waals surface area contributed by atoms with Gasteiger partial charge < -0.3 is 20.0 Å². The number of benzene rings is 1. The molecule has 170 valence electrons. The van der Waals surface area contributed by atoms with E-state index < -0.39 is 17.7 Å². The van der Waals surface area contributed by atoms with Gasteiger partial charge in [0.2, 0.25) is 0 Å². The predicted octanol–water partition coefficient (Wildman–Crippen LogP) is 3.08. The van der Waals surface area contributed by atoms with E-state index in [2.05, 4.69) is 26.1 Å². The lowest BCUT2D eigenvalue weighted by Crippen LogP contribution is -2.54. The highest BCUT2D eigenvalue weighted by Crippen LogP contribution is 2.46. The molecule has 31 heavy (non-hydrogen) atoms. The molecule has 1 aromatic rings. The Morgan fingerprint density at radius 2 is 1.94 bits per heavy atom. The van der Waals surface area contributed by atoms with Crippen LogP contribution in [0.25, 0.3) is 0 Å². The molecule has 2 N–H and O–H groups in total. The average molecular weight is 431 g/mol. The minimum absolute atomic E-state index is 0.0290. The second kappa shape index (κ2) is 8.99. The first kappa shape index (κ1) is 23.3. The van der Waals surface area contributed by atoms with E-state index in [9.17, 15) is 19.5 Å². The van der Waals surface area contributed by atoms with Crippen LogP contribution in [0.2, 0.25) is 0 Å². The number of imide groups is 1. The van der Waals surface area contributed by atoms with Crippen LogP contribution >= 0.6 is 0 Å². The molecule has 7 heteroatoms. The quantitative estimate of drug-likeness (QED) is 0.618. The van der Waals surface area contributed by atoms with Gasteiger partial charge in [-0.3, -0.25) is 9.69 Å². The first-order valence-electron chi connectivity index (χ1n) is 11.0. The van der Waals surface area contributed by atoms with Crippen molar-refractivity contribution in [3.8, 4) is 5.75 Å². The number of nitrogens with zero attached hydrogens (tertiary/aromatic N) is 1. The third kappa shape index (κ3) is 5.64. The van der Waals surface area contributed by atoms with Crippen LogP contribution < -0.4 is 10.1 Å². The van der Waals surface area contributed by atoms with Crippen molar-refractivity contribution in [3.05, 3.63) is 29.8 Å². The van der Waals surface area contributed by atoms with E-state index in [4.69, 9.17) is 4.74 Å². The molecule has 0 radical (unpaired) electrons. The Kier molecular flexibility index (Phi) is 6.74. The number of amides is 3. The number of aliphatic hydroxyl groups is 1. The first-order valence-corrected chi connectivity index (χ1v) is 11.0. The summed E-state index contributed by atoms with van der Waals surface area (Å²) in [5.74, 6) is 0.824. The largest absolute Gasteiger partial charge is 0.491 e. The Morgan fingerprint density at radius 1 is 1.26 bits per heavy atom. The summed E-state index contributed by atoms with van der Waals surface area (Å²) < 4.78 is 5.63. The maximum Gasteiger partial charge on any atom is 0.325 e. The molecule has 0 aromatic heterocycles. The van der Waals surface area contributed by atoms with E-state index in [0.29, 0.717) is 37.4 Å². The van der Waals surface area contributed by atoms with Crippen molar-refractivity contribution in [2.24, 2.45) is 11.3 Å². The van der Waals surface area contributed by atoms with Crippen molar-refractivity contribution < 1.29 is 24.2 Å². The smallest absolute Gasteiger partial charge is 0.325 e. The number of nitrogens with one attached hydrogen (secondary N) is 1. The van der Waals surface area contributed by atoms with Gasteiger partial charge >= 0.3 is 6.03 Å². The molecule has 1 saturated carbocycles. The third-order valence-electron chi connectivity index (χ3n) is 6.15. The lowest BCUT2D eigenvalue weighted by molar-refractivity contribution is -0.135. The van der Waals surface area contributed by atoms with Crippen LogP contribution in [0.5, 0.6) is 5.75 Å². The number of aliphatic hydroxyl groups excluding tert-OH is 1. The monoisotopic (exact) mass is 430 g/mol. The van der Waals surface area contributed by atoms with E-state index in [1.165, 1.54) is 0 Å². The predicted molar refractivity (Wildman–Crippen MR) is 117 cm³/mol. The number of β-amino-alcohol motifs (C(OH)–C–C–N with tert-alkyl or cyclic N) is 1. The molecule has 3 rings (SSSR count). The standard InChI is InChI=1S/C24H34N2O5/c1-16-11-23(3,4)15-24(12-16)21(29)26(22(30)25-24)13-19(28)14-31-20-9-7-18(8-10-20)6-5-17(2)27/h7-10,16,19,28H,5-6,11-15H2,1-4H3,(H,25,30)/t16-,19-,24-/m0/s1. The van der Waals surface area contributed by atoms with Gasteiger partial charge in [-0.2, -0.15) is 0 Å². The third-order valence-corrected chi connectivity index (χ3v) is 6.15. The van der Waals surface area contributed by atoms with Crippen molar-refractivity contribution in [1.29, 1.82) is 0 Å². The van der Waals surface area contributed by atoms with Crippen LogP contribution in [0.15, 0.2) is 24.3 Å². The van der Waals surface area contributed by atoms with Crippen molar-refractivity contribution in [1.82, 2.24) is 10.2 Å². The lowest BCUT2D eigenvalue weighted by atomic mass is 9.64. The van der Waals surface area contributed by atoms with Crippen LogP contribution in [0.3, 0.4) is 0 Å². The second-order valence-corrected chi connectivity index (χ2v) is 10.1. The summed E-state index contributed by atoms with van der Waals surface area (Å²) in [4.78, 5) is 37.9. The first-order chi connectivity index (χ1) is 14.5. The van der Waals surface area contributed by atoms with Crippen LogP contribution in [-0.4, -0.2) is 52.5 Å². The Hall–Kier alpha value is -2.41. The molecule has 7 nitrogen and oxygen atoms in total. The molecule has 1 aromatic carbocycles. The van der Waals surface area contributed by atoms with Crippen LogP contribution in [0, 0.1) is 11.3 Å². The van der Waals surface area contributed by atoms with Gasteiger partial charge in [0.1, 0.15) is 29.8 Å². The summed E-state index contributed by atoms with van der Waals surface area (Å²) in [6.45, 7) is 7.80. The van der Waals surface area contributed by atoms with Gasteiger partial charge in [-0.1, -0.05) is 32.9 Å². The number of carbonyl (C=O) groups is 3. The highest BCUT2D eigenvalue weighted by Gasteiger charge is 2.56. The van der Waals surface area contributed by atoms with Crippen LogP contribution in [0.4, 0.5) is 4.79 Å². The molecule has 0 unspecified atom stereocenters. The number of rotatable bonds is 8. The summed E-state index contributed by atoms with van der Waals surface area (Å²) >= 11 is 0. The minimum Gasteiger partial charge on any atom is -0.491 e. The molecule has 1 spiro atoms. The number of ketones is 1. The molecular weight excluding hydrogens is 396 g/mol. The zero-order valence-corrected chi connectivity index (χ0v) is 18.9. The SMILES string of the molecule is CC(=O)CCc1ccc(OC[C@@H](O)CN2C(=O)N[C@]3(C[C@@H](C)CC(C)(C)C3)C2=O)cc1. The van der Waals surface area contributed by atoms with Gasteiger partial charge in [0.05, 0.1) is 6.54 Å². The summed E-state index contributed by atoms with van der Waals surface area (Å²) in [6, 6.07) is 6.91. The van der Waals surface area contributed by atoms with Crippen LogP contribution in [-0.2, 0) is 16.0 Å². The van der Waals surface area contributed by atoms with Gasteiger partial charge in [-0.05, 0) is 61.6 Å². The lowest BCUT2D eigenvalue weighted by Gasteiger charge is -2.43. The summed E-state index contributed by atoms with van der Waals surface area (Å²) in [5, 5.41) is 13.3. The molecule has 0 bridgehead atoms.